The number of anilines is 4. The predicted molar refractivity (Wildman–Crippen MR) is 98.8 cm³/mol. The molecule has 0 fully saturated rings. The van der Waals surface area contributed by atoms with Crippen molar-refractivity contribution >= 4 is 22.7 Å². The van der Waals surface area contributed by atoms with Gasteiger partial charge in [-0.05, 0) is 37.1 Å². The van der Waals surface area contributed by atoms with Gasteiger partial charge in [0.15, 0.2) is 0 Å². The predicted octanol–water partition coefficient (Wildman–Crippen LogP) is 3.85. The minimum Gasteiger partial charge on any atom is -0.398 e. The Hall–Kier alpha value is -2.82. The van der Waals surface area contributed by atoms with Crippen molar-refractivity contribution in [1.82, 2.24) is 0 Å². The average molecular weight is 422 g/mol. The first-order chi connectivity index (χ1) is 13.3. The fourth-order valence-electron chi connectivity index (χ4n) is 2.87. The number of nitrogens with two attached hydrogens (primary N) is 4. The Morgan fingerprint density at radius 2 is 0.966 bits per heavy atom. The van der Waals surface area contributed by atoms with E-state index in [1.807, 2.05) is 0 Å². The van der Waals surface area contributed by atoms with Crippen LogP contribution in [-0.2, 0) is 29.9 Å². The van der Waals surface area contributed by atoms with E-state index in [1.165, 1.54) is 0 Å². The highest BCUT2D eigenvalue weighted by Crippen LogP contribution is 2.38. The molecular formula is C18H20F6N4O. The molecule has 29 heavy (non-hydrogen) atoms. The second-order valence-corrected chi connectivity index (χ2v) is 6.30. The van der Waals surface area contributed by atoms with Crippen LogP contribution in [0.2, 0.25) is 0 Å². The zero-order valence-corrected chi connectivity index (χ0v) is 15.1. The van der Waals surface area contributed by atoms with Gasteiger partial charge in [0, 0.05) is 33.9 Å². The lowest BCUT2D eigenvalue weighted by molar-refractivity contribution is -0.137. The van der Waals surface area contributed by atoms with Gasteiger partial charge in [0.25, 0.3) is 0 Å². The van der Waals surface area contributed by atoms with Crippen molar-refractivity contribution in [2.75, 3.05) is 36.1 Å². The van der Waals surface area contributed by atoms with Crippen molar-refractivity contribution in [3.05, 3.63) is 46.5 Å². The third-order valence-electron chi connectivity index (χ3n) is 4.39. The Bertz CT molecular complexity index is 809. The Morgan fingerprint density at radius 3 is 1.28 bits per heavy atom. The molecule has 2 rings (SSSR count). The molecule has 0 amide bonds. The summed E-state index contributed by atoms with van der Waals surface area (Å²) in [6.45, 7) is -0.0943. The van der Waals surface area contributed by atoms with E-state index in [9.17, 15) is 26.3 Å². The summed E-state index contributed by atoms with van der Waals surface area (Å²) in [5, 5.41) is 0. The monoisotopic (exact) mass is 422 g/mol. The first-order valence-electron chi connectivity index (χ1n) is 8.39. The summed E-state index contributed by atoms with van der Waals surface area (Å²) < 4.78 is 82.9. The molecule has 0 aromatic heterocycles. The molecule has 0 spiro atoms. The van der Waals surface area contributed by atoms with E-state index in [0.29, 0.717) is 0 Å². The SMILES string of the molecule is Nc1ccc(C(F)(F)F)c(N)c1CCOCCc1c(N)ccc(C(F)(F)F)c1N. The van der Waals surface area contributed by atoms with Crippen molar-refractivity contribution < 1.29 is 31.1 Å². The van der Waals surface area contributed by atoms with E-state index in [2.05, 4.69) is 0 Å². The van der Waals surface area contributed by atoms with Gasteiger partial charge in [0.2, 0.25) is 0 Å². The highest BCUT2D eigenvalue weighted by Gasteiger charge is 2.35. The maximum Gasteiger partial charge on any atom is 0.418 e. The summed E-state index contributed by atoms with van der Waals surface area (Å²) >= 11 is 0. The van der Waals surface area contributed by atoms with E-state index in [0.717, 1.165) is 24.3 Å². The zero-order chi connectivity index (χ0) is 22.0. The van der Waals surface area contributed by atoms with E-state index < -0.39 is 34.9 Å². The minimum absolute atomic E-state index is 0.00482. The summed E-state index contributed by atoms with van der Waals surface area (Å²) in [6, 6.07) is 3.82. The van der Waals surface area contributed by atoms with Crippen molar-refractivity contribution in [2.45, 2.75) is 25.2 Å². The Morgan fingerprint density at radius 1 is 0.621 bits per heavy atom. The molecule has 160 valence electrons. The van der Waals surface area contributed by atoms with Crippen LogP contribution < -0.4 is 22.9 Å². The number of ether oxygens (including phenoxy) is 1. The lowest BCUT2D eigenvalue weighted by Gasteiger charge is -2.17. The van der Waals surface area contributed by atoms with E-state index >= 15 is 0 Å². The zero-order valence-electron chi connectivity index (χ0n) is 15.1. The van der Waals surface area contributed by atoms with Gasteiger partial charge in [0.05, 0.1) is 24.3 Å². The topological polar surface area (TPSA) is 113 Å². The molecule has 8 N–H and O–H groups in total. The van der Waals surface area contributed by atoms with Crippen LogP contribution in [0.1, 0.15) is 22.3 Å². The van der Waals surface area contributed by atoms with Crippen molar-refractivity contribution in [2.24, 2.45) is 0 Å². The van der Waals surface area contributed by atoms with E-state index in [4.69, 9.17) is 27.7 Å². The molecular weight excluding hydrogens is 402 g/mol. The summed E-state index contributed by atoms with van der Waals surface area (Å²) in [5.74, 6) is 0. The van der Waals surface area contributed by atoms with Gasteiger partial charge >= 0.3 is 12.4 Å². The number of alkyl halides is 6. The van der Waals surface area contributed by atoms with Crippen molar-refractivity contribution in [3.63, 3.8) is 0 Å². The molecule has 2 aromatic carbocycles. The lowest BCUT2D eigenvalue weighted by atomic mass is 10.0. The molecule has 0 saturated heterocycles. The largest absolute Gasteiger partial charge is 0.418 e. The molecule has 11 heteroatoms. The highest BCUT2D eigenvalue weighted by molar-refractivity contribution is 5.67. The number of halogens is 6. The van der Waals surface area contributed by atoms with Gasteiger partial charge < -0.3 is 27.7 Å². The van der Waals surface area contributed by atoms with Crippen LogP contribution in [0.25, 0.3) is 0 Å². The second-order valence-electron chi connectivity index (χ2n) is 6.30. The van der Waals surface area contributed by atoms with Gasteiger partial charge in [-0.1, -0.05) is 0 Å². The van der Waals surface area contributed by atoms with E-state index in [1.54, 1.807) is 0 Å². The fraction of sp³-hybridized carbons (Fsp3) is 0.333. The van der Waals surface area contributed by atoms with Crippen LogP contribution in [0.4, 0.5) is 49.1 Å². The standard InChI is InChI=1S/C18H20F6N4O/c19-17(20,21)11-1-3-13(25)9(15(11)27)5-7-29-8-6-10-14(26)4-2-12(16(10)28)18(22,23)24/h1-4H,5-8,25-28H2. The van der Waals surface area contributed by atoms with Gasteiger partial charge in [-0.3, -0.25) is 0 Å². The molecule has 0 bridgehead atoms. The lowest BCUT2D eigenvalue weighted by Crippen LogP contribution is -2.15. The fourth-order valence-corrected chi connectivity index (χ4v) is 2.87. The molecule has 0 aliphatic rings. The van der Waals surface area contributed by atoms with Crippen molar-refractivity contribution in [1.29, 1.82) is 0 Å². The smallest absolute Gasteiger partial charge is 0.398 e. The molecule has 0 heterocycles. The maximum atomic E-state index is 12.9. The van der Waals surface area contributed by atoms with Gasteiger partial charge in [-0.25, -0.2) is 0 Å². The number of benzene rings is 2. The highest BCUT2D eigenvalue weighted by atomic mass is 19.4. The van der Waals surface area contributed by atoms with Gasteiger partial charge in [0.1, 0.15) is 0 Å². The molecule has 2 aromatic rings. The number of nitrogen functional groups attached to an aromatic ring is 4. The molecule has 0 aliphatic heterocycles. The van der Waals surface area contributed by atoms with Crippen molar-refractivity contribution in [3.8, 4) is 0 Å². The Balaban J connectivity index is 2.02. The maximum absolute atomic E-state index is 12.9. The Kier molecular flexibility index (Phi) is 6.41. The quantitative estimate of drug-likeness (QED) is 0.321. The van der Waals surface area contributed by atoms with Crippen LogP contribution in [0.15, 0.2) is 24.3 Å². The van der Waals surface area contributed by atoms with Crippen LogP contribution in [0, 0.1) is 0 Å². The number of hydrogen-bond donors (Lipinski definition) is 4. The summed E-state index contributed by atoms with van der Waals surface area (Å²) in [6.07, 6.45) is -9.25. The first kappa shape index (κ1) is 22.5. The summed E-state index contributed by atoms with van der Waals surface area (Å²) in [5.41, 5.74) is 20.0. The number of rotatable bonds is 6. The number of hydrogen-bond acceptors (Lipinski definition) is 5. The minimum atomic E-state index is -4.62. The third-order valence-corrected chi connectivity index (χ3v) is 4.39. The molecule has 0 atom stereocenters. The molecule has 0 radical (unpaired) electrons. The van der Waals surface area contributed by atoms with Crippen LogP contribution in [0.5, 0.6) is 0 Å². The summed E-state index contributed by atoms with van der Waals surface area (Å²) in [7, 11) is 0. The molecule has 5 nitrogen and oxygen atoms in total. The average Bonchev–Trinajstić information content (AvgIpc) is 2.57. The van der Waals surface area contributed by atoms with Gasteiger partial charge in [-0.2, -0.15) is 26.3 Å². The summed E-state index contributed by atoms with van der Waals surface area (Å²) in [4.78, 5) is 0. The molecule has 0 saturated carbocycles. The van der Waals surface area contributed by atoms with Crippen LogP contribution in [-0.4, -0.2) is 13.2 Å². The third kappa shape index (κ3) is 5.17. The van der Waals surface area contributed by atoms with Crippen LogP contribution in [0.3, 0.4) is 0 Å². The molecule has 0 unspecified atom stereocenters. The van der Waals surface area contributed by atoms with Crippen LogP contribution >= 0.6 is 0 Å². The Labute approximate surface area is 162 Å². The van der Waals surface area contributed by atoms with E-state index in [-0.39, 0.29) is 48.6 Å². The normalized spacial score (nSPS) is 12.3. The second kappa shape index (κ2) is 8.27. The molecule has 0 aliphatic carbocycles. The van der Waals surface area contributed by atoms with Gasteiger partial charge in [-0.15, -0.1) is 0 Å². The first-order valence-corrected chi connectivity index (χ1v) is 8.39.